The first kappa shape index (κ1) is 28.1. The van der Waals surface area contributed by atoms with Crippen LogP contribution in [0.4, 0.5) is 0 Å². The van der Waals surface area contributed by atoms with Crippen molar-refractivity contribution in [2.75, 3.05) is 6.61 Å². The minimum atomic E-state index is -0.632. The topological polar surface area (TPSA) is 72.5 Å². The van der Waals surface area contributed by atoms with E-state index in [1.807, 2.05) is 97.9 Å². The molecule has 0 unspecified atom stereocenters. The second kappa shape index (κ2) is 14.2. The van der Waals surface area contributed by atoms with Crippen molar-refractivity contribution in [3.05, 3.63) is 120 Å². The molecule has 7 nitrogen and oxygen atoms in total. The van der Waals surface area contributed by atoms with Gasteiger partial charge in [-0.2, -0.15) is 0 Å². The highest BCUT2D eigenvalue weighted by Crippen LogP contribution is 2.31. The molecule has 3 aromatic carbocycles. The molecular formula is C33H36O7. The van der Waals surface area contributed by atoms with Crippen LogP contribution in [0.2, 0.25) is 0 Å². The first-order valence-electron chi connectivity index (χ1n) is 13.8. The van der Waals surface area contributed by atoms with Crippen LogP contribution in [0.15, 0.2) is 103 Å². The van der Waals surface area contributed by atoms with Gasteiger partial charge in [-0.25, -0.2) is 4.79 Å². The third-order valence-corrected chi connectivity index (χ3v) is 6.84. The lowest BCUT2D eigenvalue weighted by atomic mass is 10.0. The molecule has 210 valence electrons. The Morgan fingerprint density at radius 3 is 1.95 bits per heavy atom. The van der Waals surface area contributed by atoms with Crippen molar-refractivity contribution in [3.63, 3.8) is 0 Å². The van der Waals surface area contributed by atoms with E-state index in [4.69, 9.17) is 28.4 Å². The number of carbonyl (C=O) groups is 1. The second-order valence-electron chi connectivity index (χ2n) is 10.1. The quantitative estimate of drug-likeness (QED) is 0.270. The third kappa shape index (κ3) is 8.26. The predicted octanol–water partition coefficient (Wildman–Crippen LogP) is 5.72. The Labute approximate surface area is 235 Å². The zero-order chi connectivity index (χ0) is 27.6. The third-order valence-electron chi connectivity index (χ3n) is 6.84. The molecule has 0 bridgehead atoms. The summed E-state index contributed by atoms with van der Waals surface area (Å²) in [5, 5.41) is 0. The van der Waals surface area contributed by atoms with Crippen LogP contribution in [-0.2, 0) is 53.0 Å². The zero-order valence-corrected chi connectivity index (χ0v) is 22.7. The molecule has 5 atom stereocenters. The van der Waals surface area contributed by atoms with Gasteiger partial charge in [0.05, 0.1) is 38.6 Å². The lowest BCUT2D eigenvalue weighted by Gasteiger charge is -2.41. The van der Waals surface area contributed by atoms with Gasteiger partial charge in [-0.15, -0.1) is 0 Å². The lowest BCUT2D eigenvalue weighted by Crippen LogP contribution is -2.53. The van der Waals surface area contributed by atoms with E-state index < -0.39 is 24.5 Å². The van der Waals surface area contributed by atoms with Crippen LogP contribution in [-0.4, -0.2) is 43.3 Å². The van der Waals surface area contributed by atoms with Crippen LogP contribution in [0.1, 0.15) is 36.5 Å². The van der Waals surface area contributed by atoms with E-state index in [0.29, 0.717) is 38.4 Å². The van der Waals surface area contributed by atoms with E-state index in [2.05, 4.69) is 0 Å². The Morgan fingerprint density at radius 1 is 0.775 bits per heavy atom. The molecule has 7 heteroatoms. The molecule has 5 rings (SSSR count). The Hall–Kier alpha value is -3.49. The summed E-state index contributed by atoms with van der Waals surface area (Å²) in [4.78, 5) is 12.0. The summed E-state index contributed by atoms with van der Waals surface area (Å²) in [6, 6.07) is 30.1. The molecular weight excluding hydrogens is 508 g/mol. The summed E-state index contributed by atoms with van der Waals surface area (Å²) in [6.07, 6.45) is 0.236. The van der Waals surface area contributed by atoms with Gasteiger partial charge in [0.1, 0.15) is 24.1 Å². The fourth-order valence-electron chi connectivity index (χ4n) is 4.89. The van der Waals surface area contributed by atoms with Gasteiger partial charge in [-0.05, 0) is 23.6 Å². The first-order valence-corrected chi connectivity index (χ1v) is 13.8. The average Bonchev–Trinajstić information content (AvgIpc) is 2.96. The van der Waals surface area contributed by atoms with Crippen LogP contribution >= 0.6 is 0 Å². The lowest BCUT2D eigenvalue weighted by molar-refractivity contribution is -0.270. The Balaban J connectivity index is 1.33. The van der Waals surface area contributed by atoms with Gasteiger partial charge in [0.15, 0.2) is 0 Å². The summed E-state index contributed by atoms with van der Waals surface area (Å²) in [5.41, 5.74) is 3.20. The first-order chi connectivity index (χ1) is 19.6. The number of hydrogen-bond acceptors (Lipinski definition) is 7. The second-order valence-corrected chi connectivity index (χ2v) is 10.1. The van der Waals surface area contributed by atoms with Crippen molar-refractivity contribution in [1.29, 1.82) is 0 Å². The summed E-state index contributed by atoms with van der Waals surface area (Å²) in [6.45, 7) is 3.41. The van der Waals surface area contributed by atoms with Crippen molar-refractivity contribution in [2.45, 2.75) is 70.3 Å². The molecule has 2 heterocycles. The number of hydrogen-bond donors (Lipinski definition) is 0. The molecule has 0 aliphatic carbocycles. The van der Waals surface area contributed by atoms with Gasteiger partial charge >= 0.3 is 5.97 Å². The van der Waals surface area contributed by atoms with Gasteiger partial charge in [0.25, 0.3) is 0 Å². The number of benzene rings is 3. The predicted molar refractivity (Wildman–Crippen MR) is 149 cm³/mol. The Bertz CT molecular complexity index is 1220. The van der Waals surface area contributed by atoms with E-state index in [1.165, 1.54) is 6.08 Å². The molecule has 0 N–H and O–H groups in total. The Kier molecular flexibility index (Phi) is 9.98. The molecule has 0 saturated carbocycles. The number of carbonyl (C=O) groups excluding carboxylic acids is 1. The van der Waals surface area contributed by atoms with Gasteiger partial charge in [-0.1, -0.05) is 91.0 Å². The Morgan fingerprint density at radius 2 is 1.35 bits per heavy atom. The standard InChI is InChI=1S/C33H36O7/c1-24-17-28(18-31(34)38-24)39-32-19-29(36-21-26-13-7-3-8-14-26)33(37-22-27-15-9-4-10-16-27)30(40-32)23-35-20-25-11-5-2-6-12-25/h2-16,18,24,29-30,32-33H,17,19-23H2,1H3/t24-,29+,30+,32-,33+/m0/s1. The molecule has 2 aliphatic heterocycles. The number of esters is 1. The van der Waals surface area contributed by atoms with Gasteiger partial charge in [-0.3, -0.25) is 0 Å². The van der Waals surface area contributed by atoms with Crippen molar-refractivity contribution >= 4 is 5.97 Å². The van der Waals surface area contributed by atoms with Crippen LogP contribution in [0.5, 0.6) is 0 Å². The van der Waals surface area contributed by atoms with E-state index >= 15 is 0 Å². The smallest absolute Gasteiger partial charge is 0.334 e. The highest BCUT2D eigenvalue weighted by atomic mass is 16.7. The SMILES string of the molecule is C[C@H]1CC(O[C@@H]2C[C@@H](OCc3ccccc3)[C@@H](OCc3ccccc3)[C@@H](COCc3ccccc3)O2)=CC(=O)O1. The molecule has 0 aromatic heterocycles. The van der Waals surface area contributed by atoms with Gasteiger partial charge < -0.3 is 28.4 Å². The maximum atomic E-state index is 12.0. The van der Waals surface area contributed by atoms with Crippen LogP contribution in [0.25, 0.3) is 0 Å². The number of rotatable bonds is 12. The minimum absolute atomic E-state index is 0.256. The minimum Gasteiger partial charge on any atom is -0.469 e. The number of ether oxygens (including phenoxy) is 6. The van der Waals surface area contributed by atoms with Gasteiger partial charge in [0.2, 0.25) is 6.29 Å². The highest BCUT2D eigenvalue weighted by molar-refractivity contribution is 5.83. The largest absolute Gasteiger partial charge is 0.469 e. The summed E-state index contributed by atoms with van der Waals surface area (Å²) in [5.74, 6) is 0.136. The highest BCUT2D eigenvalue weighted by Gasteiger charge is 2.42. The average molecular weight is 545 g/mol. The maximum Gasteiger partial charge on any atom is 0.334 e. The van der Waals surface area contributed by atoms with Crippen molar-refractivity contribution < 1.29 is 33.2 Å². The number of cyclic esters (lactones) is 1. The van der Waals surface area contributed by atoms with Crippen molar-refractivity contribution in [3.8, 4) is 0 Å². The molecule has 0 radical (unpaired) electrons. The molecule has 0 amide bonds. The molecule has 0 spiro atoms. The zero-order valence-electron chi connectivity index (χ0n) is 22.7. The van der Waals surface area contributed by atoms with E-state index in [1.54, 1.807) is 0 Å². The molecule has 1 fully saturated rings. The molecule has 3 aromatic rings. The molecule has 2 aliphatic rings. The van der Waals surface area contributed by atoms with Crippen LogP contribution in [0, 0.1) is 0 Å². The summed E-state index contributed by atoms with van der Waals surface area (Å²) >= 11 is 0. The molecule has 40 heavy (non-hydrogen) atoms. The monoisotopic (exact) mass is 544 g/mol. The van der Waals surface area contributed by atoms with E-state index in [-0.39, 0.29) is 18.8 Å². The summed E-state index contributed by atoms with van der Waals surface area (Å²) in [7, 11) is 0. The van der Waals surface area contributed by atoms with Crippen LogP contribution < -0.4 is 0 Å². The van der Waals surface area contributed by atoms with Crippen molar-refractivity contribution in [1.82, 2.24) is 0 Å². The summed E-state index contributed by atoms with van der Waals surface area (Å²) < 4.78 is 36.9. The van der Waals surface area contributed by atoms with Crippen LogP contribution in [0.3, 0.4) is 0 Å². The van der Waals surface area contributed by atoms with E-state index in [0.717, 1.165) is 16.7 Å². The molecule has 1 saturated heterocycles. The van der Waals surface area contributed by atoms with E-state index in [9.17, 15) is 4.79 Å². The fourth-order valence-corrected chi connectivity index (χ4v) is 4.89. The van der Waals surface area contributed by atoms with Crippen molar-refractivity contribution in [2.24, 2.45) is 0 Å². The van der Waals surface area contributed by atoms with Gasteiger partial charge in [0, 0.05) is 12.8 Å². The maximum absolute atomic E-state index is 12.0. The normalized spacial score (nSPS) is 24.7. The fraction of sp³-hybridized carbons (Fsp3) is 0.364.